The Morgan fingerprint density at radius 2 is 2.04 bits per heavy atom. The van der Waals surface area contributed by atoms with E-state index in [1.807, 2.05) is 6.07 Å². The highest BCUT2D eigenvalue weighted by Gasteiger charge is 2.20. The zero-order valence-corrected chi connectivity index (χ0v) is 14.8. The number of hydrogen-bond donors (Lipinski definition) is 1. The van der Waals surface area contributed by atoms with Crippen LogP contribution >= 0.6 is 15.9 Å². The highest BCUT2D eigenvalue weighted by Crippen LogP contribution is 2.35. The molecule has 0 aromatic heterocycles. The fourth-order valence-corrected chi connectivity index (χ4v) is 3.16. The molecule has 0 aliphatic heterocycles. The Labute approximate surface area is 144 Å². The molecule has 0 heterocycles. The Bertz CT molecular complexity index is 659. The van der Waals surface area contributed by atoms with E-state index in [1.54, 1.807) is 12.1 Å². The van der Waals surface area contributed by atoms with Crippen LogP contribution in [0.2, 0.25) is 0 Å². The largest absolute Gasteiger partial charge is 0.493 e. The smallest absolute Gasteiger partial charge is 0.262 e. The van der Waals surface area contributed by atoms with Gasteiger partial charge in [-0.1, -0.05) is 28.8 Å². The number of ether oxygens (including phenoxy) is 2. The van der Waals surface area contributed by atoms with Crippen molar-refractivity contribution < 1.29 is 14.3 Å². The van der Waals surface area contributed by atoms with Gasteiger partial charge >= 0.3 is 0 Å². The standard InChI is InChI=1S/C17H19BrN2O3/c1-22-15-9-13(18)8-11(16(15)23-2)7-12(10-19)17(21)20-14-5-3-4-6-14/h7-9,14H,3-6H2,1-2H3,(H,20,21)/b12-7-. The summed E-state index contributed by atoms with van der Waals surface area (Å²) in [6.45, 7) is 0. The molecular weight excluding hydrogens is 360 g/mol. The summed E-state index contributed by atoms with van der Waals surface area (Å²) in [5.41, 5.74) is 0.659. The minimum Gasteiger partial charge on any atom is -0.493 e. The van der Waals surface area contributed by atoms with Crippen molar-refractivity contribution in [1.29, 1.82) is 5.26 Å². The molecule has 1 aromatic carbocycles. The molecule has 1 aliphatic carbocycles. The zero-order chi connectivity index (χ0) is 16.8. The van der Waals surface area contributed by atoms with E-state index in [2.05, 4.69) is 21.2 Å². The van der Waals surface area contributed by atoms with Crippen molar-refractivity contribution in [3.8, 4) is 17.6 Å². The van der Waals surface area contributed by atoms with Gasteiger partial charge in [-0.3, -0.25) is 4.79 Å². The van der Waals surface area contributed by atoms with Gasteiger partial charge in [-0.2, -0.15) is 5.26 Å². The number of carbonyl (C=O) groups excluding carboxylic acids is 1. The maximum absolute atomic E-state index is 12.3. The Balaban J connectivity index is 2.31. The maximum Gasteiger partial charge on any atom is 0.262 e. The predicted molar refractivity (Wildman–Crippen MR) is 91.2 cm³/mol. The molecule has 0 saturated heterocycles. The minimum absolute atomic E-state index is 0.0513. The molecule has 0 atom stereocenters. The lowest BCUT2D eigenvalue weighted by atomic mass is 10.1. The van der Waals surface area contributed by atoms with E-state index in [0.29, 0.717) is 17.1 Å². The summed E-state index contributed by atoms with van der Waals surface area (Å²) in [6, 6.07) is 5.68. The number of rotatable bonds is 5. The molecule has 1 amide bonds. The topological polar surface area (TPSA) is 71.3 Å². The lowest BCUT2D eigenvalue weighted by Gasteiger charge is -2.13. The zero-order valence-electron chi connectivity index (χ0n) is 13.2. The number of benzene rings is 1. The summed E-state index contributed by atoms with van der Waals surface area (Å²) >= 11 is 3.39. The highest BCUT2D eigenvalue weighted by molar-refractivity contribution is 9.10. The second kappa shape index (κ2) is 8.02. The summed E-state index contributed by atoms with van der Waals surface area (Å²) in [7, 11) is 3.06. The number of nitrogens with zero attached hydrogens (tertiary/aromatic N) is 1. The molecule has 1 fully saturated rings. The van der Waals surface area contributed by atoms with Crippen LogP contribution in [-0.2, 0) is 4.79 Å². The third kappa shape index (κ3) is 4.26. The Morgan fingerprint density at radius 3 is 2.61 bits per heavy atom. The molecule has 122 valence electrons. The molecule has 1 N–H and O–H groups in total. The average Bonchev–Trinajstić information content (AvgIpc) is 3.04. The molecule has 1 saturated carbocycles. The number of carbonyl (C=O) groups is 1. The van der Waals surface area contributed by atoms with E-state index in [9.17, 15) is 10.1 Å². The van der Waals surface area contributed by atoms with Gasteiger partial charge in [-0.15, -0.1) is 0 Å². The third-order valence-corrected chi connectivity index (χ3v) is 4.29. The van der Waals surface area contributed by atoms with Gasteiger partial charge in [0.2, 0.25) is 0 Å². The second-order valence-electron chi connectivity index (χ2n) is 5.36. The summed E-state index contributed by atoms with van der Waals surface area (Å²) in [5, 5.41) is 12.2. The highest BCUT2D eigenvalue weighted by atomic mass is 79.9. The fraction of sp³-hybridized carbons (Fsp3) is 0.412. The van der Waals surface area contributed by atoms with Gasteiger partial charge in [-0.05, 0) is 31.1 Å². The Kier molecular flexibility index (Phi) is 6.05. The first kappa shape index (κ1) is 17.4. The Hall–Kier alpha value is -2.00. The van der Waals surface area contributed by atoms with Gasteiger partial charge < -0.3 is 14.8 Å². The van der Waals surface area contributed by atoms with Gasteiger partial charge in [0.05, 0.1) is 14.2 Å². The van der Waals surface area contributed by atoms with Gasteiger partial charge in [-0.25, -0.2) is 0 Å². The molecule has 23 heavy (non-hydrogen) atoms. The van der Waals surface area contributed by atoms with Crippen LogP contribution in [0.1, 0.15) is 31.2 Å². The fourth-order valence-electron chi connectivity index (χ4n) is 2.70. The quantitative estimate of drug-likeness (QED) is 0.629. The van der Waals surface area contributed by atoms with Crippen molar-refractivity contribution in [1.82, 2.24) is 5.32 Å². The van der Waals surface area contributed by atoms with E-state index in [-0.39, 0.29) is 17.5 Å². The van der Waals surface area contributed by atoms with Crippen LogP contribution in [0.3, 0.4) is 0 Å². The number of halogens is 1. The van der Waals surface area contributed by atoms with Crippen molar-refractivity contribution in [3.05, 3.63) is 27.7 Å². The molecule has 2 rings (SSSR count). The molecule has 0 spiro atoms. The minimum atomic E-state index is -0.347. The van der Waals surface area contributed by atoms with Crippen LogP contribution in [-0.4, -0.2) is 26.2 Å². The van der Waals surface area contributed by atoms with Gasteiger partial charge in [0.25, 0.3) is 5.91 Å². The Morgan fingerprint density at radius 1 is 1.35 bits per heavy atom. The summed E-state index contributed by atoms with van der Waals surface area (Å²) in [6.07, 6.45) is 5.70. The summed E-state index contributed by atoms with van der Waals surface area (Å²) in [5.74, 6) is 0.666. The first-order chi connectivity index (χ1) is 11.1. The monoisotopic (exact) mass is 378 g/mol. The summed E-state index contributed by atoms with van der Waals surface area (Å²) < 4.78 is 11.4. The lowest BCUT2D eigenvalue weighted by molar-refractivity contribution is -0.117. The van der Waals surface area contributed by atoms with E-state index in [0.717, 1.165) is 30.2 Å². The number of methoxy groups -OCH3 is 2. The van der Waals surface area contributed by atoms with E-state index in [4.69, 9.17) is 9.47 Å². The second-order valence-corrected chi connectivity index (χ2v) is 6.27. The van der Waals surface area contributed by atoms with E-state index < -0.39 is 0 Å². The number of nitrogens with one attached hydrogen (secondary N) is 1. The van der Waals surface area contributed by atoms with Crippen molar-refractivity contribution >= 4 is 27.9 Å². The van der Waals surface area contributed by atoms with Gasteiger partial charge in [0.1, 0.15) is 11.6 Å². The number of nitriles is 1. The summed E-state index contributed by atoms with van der Waals surface area (Å²) in [4.78, 5) is 12.3. The average molecular weight is 379 g/mol. The van der Waals surface area contributed by atoms with Crippen molar-refractivity contribution in [2.45, 2.75) is 31.7 Å². The molecular formula is C17H19BrN2O3. The van der Waals surface area contributed by atoms with Crippen LogP contribution in [0.4, 0.5) is 0 Å². The number of amides is 1. The molecule has 0 radical (unpaired) electrons. The normalized spacial score (nSPS) is 15.1. The first-order valence-electron chi connectivity index (χ1n) is 7.43. The molecule has 0 bridgehead atoms. The maximum atomic E-state index is 12.3. The molecule has 6 heteroatoms. The third-order valence-electron chi connectivity index (χ3n) is 3.83. The molecule has 1 aliphatic rings. The SMILES string of the molecule is COc1cc(Br)cc(/C=C(/C#N)C(=O)NC2CCCC2)c1OC. The van der Waals surface area contributed by atoms with E-state index >= 15 is 0 Å². The van der Waals surface area contributed by atoms with Crippen LogP contribution in [0.15, 0.2) is 22.2 Å². The van der Waals surface area contributed by atoms with Crippen LogP contribution < -0.4 is 14.8 Å². The van der Waals surface area contributed by atoms with E-state index in [1.165, 1.54) is 20.3 Å². The van der Waals surface area contributed by atoms with Crippen molar-refractivity contribution in [2.24, 2.45) is 0 Å². The first-order valence-corrected chi connectivity index (χ1v) is 8.22. The van der Waals surface area contributed by atoms with Gasteiger partial charge in [0.15, 0.2) is 11.5 Å². The van der Waals surface area contributed by atoms with Crippen molar-refractivity contribution in [2.75, 3.05) is 14.2 Å². The van der Waals surface area contributed by atoms with Crippen molar-refractivity contribution in [3.63, 3.8) is 0 Å². The molecule has 1 aromatic rings. The van der Waals surface area contributed by atoms with Crippen LogP contribution in [0.5, 0.6) is 11.5 Å². The van der Waals surface area contributed by atoms with Crippen LogP contribution in [0.25, 0.3) is 6.08 Å². The van der Waals surface area contributed by atoms with Gasteiger partial charge in [0, 0.05) is 16.1 Å². The molecule has 5 nitrogen and oxygen atoms in total. The molecule has 0 unspecified atom stereocenters. The predicted octanol–water partition coefficient (Wildman–Crippen LogP) is 3.43. The van der Waals surface area contributed by atoms with Crippen LogP contribution in [0, 0.1) is 11.3 Å². The lowest BCUT2D eigenvalue weighted by Crippen LogP contribution is -2.33. The number of hydrogen-bond acceptors (Lipinski definition) is 4.